The van der Waals surface area contributed by atoms with Crippen LogP contribution in [0.4, 0.5) is 0 Å². The van der Waals surface area contributed by atoms with Crippen LogP contribution in [0.5, 0.6) is 11.5 Å². The van der Waals surface area contributed by atoms with E-state index in [-0.39, 0.29) is 12.0 Å². The number of aliphatic carboxylic acids is 1. The molecule has 138 valence electrons. The van der Waals surface area contributed by atoms with Crippen LogP contribution in [0.15, 0.2) is 36.4 Å². The molecular weight excluding hydrogens is 397 g/mol. The summed E-state index contributed by atoms with van der Waals surface area (Å²) in [6.45, 7) is 0.263. The Bertz CT molecular complexity index is 818. The summed E-state index contributed by atoms with van der Waals surface area (Å²) in [6, 6.07) is 10.3. The summed E-state index contributed by atoms with van der Waals surface area (Å²) in [4.78, 5) is 11.1. The summed E-state index contributed by atoms with van der Waals surface area (Å²) in [5.41, 5.74) is 1.74. The lowest BCUT2D eigenvalue weighted by Crippen LogP contribution is -2.33. The van der Waals surface area contributed by atoms with Gasteiger partial charge in [-0.2, -0.15) is 0 Å². The van der Waals surface area contributed by atoms with Crippen molar-refractivity contribution in [2.24, 2.45) is 0 Å². The first-order valence-electron chi connectivity index (χ1n) is 7.83. The van der Waals surface area contributed by atoms with Gasteiger partial charge in [-0.25, -0.2) is 0 Å². The first-order valence-corrected chi connectivity index (χ1v) is 9.63. The van der Waals surface area contributed by atoms with Gasteiger partial charge in [0.15, 0.2) is 11.5 Å². The highest BCUT2D eigenvalue weighted by atomic mass is 35.5. The molecule has 2 N–H and O–H groups in total. The molecule has 0 aromatic heterocycles. The van der Waals surface area contributed by atoms with Crippen molar-refractivity contribution in [2.75, 3.05) is 12.9 Å². The van der Waals surface area contributed by atoms with Gasteiger partial charge in [0.25, 0.3) is 0 Å². The number of methoxy groups -OCH3 is 1. The van der Waals surface area contributed by atoms with Gasteiger partial charge in [-0.15, -0.1) is 11.8 Å². The molecule has 1 heterocycles. The Labute approximate surface area is 165 Å². The van der Waals surface area contributed by atoms with Gasteiger partial charge in [-0.05, 0) is 29.8 Å². The van der Waals surface area contributed by atoms with Crippen LogP contribution in [-0.2, 0) is 11.4 Å². The number of ether oxygens (including phenoxy) is 2. The Morgan fingerprint density at radius 2 is 2.08 bits per heavy atom. The third kappa shape index (κ3) is 4.38. The van der Waals surface area contributed by atoms with Gasteiger partial charge in [0.05, 0.1) is 12.5 Å². The zero-order valence-electron chi connectivity index (χ0n) is 13.9. The molecule has 1 fully saturated rings. The summed E-state index contributed by atoms with van der Waals surface area (Å²) in [5.74, 6) is 0.832. The van der Waals surface area contributed by atoms with Crippen LogP contribution < -0.4 is 14.8 Å². The van der Waals surface area contributed by atoms with E-state index in [9.17, 15) is 4.79 Å². The molecule has 3 rings (SSSR count). The molecule has 0 spiro atoms. The van der Waals surface area contributed by atoms with E-state index < -0.39 is 12.0 Å². The van der Waals surface area contributed by atoms with Crippen LogP contribution in [0, 0.1) is 0 Å². The van der Waals surface area contributed by atoms with Gasteiger partial charge >= 0.3 is 5.97 Å². The number of carboxylic acids is 1. The van der Waals surface area contributed by atoms with Gasteiger partial charge in [0.2, 0.25) is 0 Å². The Balaban J connectivity index is 1.76. The number of thioether (sulfide) groups is 1. The van der Waals surface area contributed by atoms with Crippen molar-refractivity contribution in [2.45, 2.75) is 18.0 Å². The summed E-state index contributed by atoms with van der Waals surface area (Å²) in [7, 11) is 1.57. The fraction of sp³-hybridized carbons (Fsp3) is 0.278. The summed E-state index contributed by atoms with van der Waals surface area (Å²) < 4.78 is 11.3. The predicted molar refractivity (Wildman–Crippen MR) is 104 cm³/mol. The molecule has 1 aliphatic heterocycles. The standard InChI is InChI=1S/C18H17Cl2NO4S/c1-24-15-5-3-10(17-21-14(9-26-17)18(22)23)6-16(15)25-8-11-2-4-12(19)7-13(11)20/h2-7,14,17,21H,8-9H2,1H3,(H,22,23). The Kier molecular flexibility index (Phi) is 6.19. The largest absolute Gasteiger partial charge is 0.493 e. The van der Waals surface area contributed by atoms with Gasteiger partial charge in [-0.1, -0.05) is 35.3 Å². The van der Waals surface area contributed by atoms with Crippen LogP contribution in [0.2, 0.25) is 10.0 Å². The molecule has 0 aliphatic carbocycles. The fourth-order valence-corrected chi connectivity index (χ4v) is 4.26. The van der Waals surface area contributed by atoms with Crippen LogP contribution in [-0.4, -0.2) is 30.0 Å². The smallest absolute Gasteiger partial charge is 0.321 e. The lowest BCUT2D eigenvalue weighted by molar-refractivity contribution is -0.138. The maximum Gasteiger partial charge on any atom is 0.321 e. The normalized spacial score (nSPS) is 19.3. The molecule has 0 radical (unpaired) electrons. The highest BCUT2D eigenvalue weighted by Gasteiger charge is 2.30. The molecule has 1 aliphatic rings. The third-order valence-corrected chi connectivity index (χ3v) is 5.82. The van der Waals surface area contributed by atoms with Crippen LogP contribution >= 0.6 is 35.0 Å². The molecule has 1 saturated heterocycles. The topological polar surface area (TPSA) is 67.8 Å². The quantitative estimate of drug-likeness (QED) is 0.732. The van der Waals surface area contributed by atoms with E-state index in [2.05, 4.69) is 5.32 Å². The molecule has 2 aromatic rings. The number of hydrogen-bond donors (Lipinski definition) is 2. The lowest BCUT2D eigenvalue weighted by Gasteiger charge is -2.16. The molecular formula is C18H17Cl2NO4S. The van der Waals surface area contributed by atoms with Crippen molar-refractivity contribution in [1.82, 2.24) is 5.32 Å². The monoisotopic (exact) mass is 413 g/mol. The molecule has 0 saturated carbocycles. The molecule has 2 unspecified atom stereocenters. The zero-order chi connectivity index (χ0) is 18.7. The molecule has 2 aromatic carbocycles. The molecule has 8 heteroatoms. The number of rotatable bonds is 6. The zero-order valence-corrected chi connectivity index (χ0v) is 16.2. The van der Waals surface area contributed by atoms with E-state index in [0.717, 1.165) is 11.1 Å². The minimum Gasteiger partial charge on any atom is -0.493 e. The van der Waals surface area contributed by atoms with E-state index >= 15 is 0 Å². The number of carboxylic acid groups (broad SMARTS) is 1. The Hall–Kier alpha value is -1.60. The minimum atomic E-state index is -0.845. The maximum atomic E-state index is 11.1. The second-order valence-electron chi connectivity index (χ2n) is 5.71. The summed E-state index contributed by atoms with van der Waals surface area (Å²) >= 11 is 13.6. The van der Waals surface area contributed by atoms with Crippen molar-refractivity contribution >= 4 is 40.9 Å². The van der Waals surface area contributed by atoms with E-state index in [4.69, 9.17) is 37.8 Å². The molecule has 2 atom stereocenters. The van der Waals surface area contributed by atoms with Crippen LogP contribution in [0.3, 0.4) is 0 Å². The highest BCUT2D eigenvalue weighted by Crippen LogP contribution is 2.38. The van der Waals surface area contributed by atoms with Crippen molar-refractivity contribution in [3.8, 4) is 11.5 Å². The second-order valence-corrected chi connectivity index (χ2v) is 7.69. The van der Waals surface area contributed by atoms with E-state index in [1.54, 1.807) is 31.0 Å². The van der Waals surface area contributed by atoms with Gasteiger partial charge in [0, 0.05) is 21.4 Å². The first-order chi connectivity index (χ1) is 12.5. The Morgan fingerprint density at radius 1 is 1.27 bits per heavy atom. The van der Waals surface area contributed by atoms with Crippen LogP contribution in [0.25, 0.3) is 0 Å². The van der Waals surface area contributed by atoms with E-state index in [0.29, 0.717) is 27.3 Å². The Morgan fingerprint density at radius 3 is 2.73 bits per heavy atom. The van der Waals surface area contributed by atoms with Crippen molar-refractivity contribution in [1.29, 1.82) is 0 Å². The molecule has 5 nitrogen and oxygen atoms in total. The predicted octanol–water partition coefficient (Wildman–Crippen LogP) is 4.37. The van der Waals surface area contributed by atoms with Crippen molar-refractivity contribution in [3.05, 3.63) is 57.6 Å². The molecule has 26 heavy (non-hydrogen) atoms. The molecule has 0 amide bonds. The number of carbonyl (C=O) groups is 1. The fourth-order valence-electron chi connectivity index (χ4n) is 2.57. The number of halogens is 2. The van der Waals surface area contributed by atoms with E-state index in [1.165, 1.54) is 0 Å². The number of nitrogens with one attached hydrogen (secondary N) is 1. The maximum absolute atomic E-state index is 11.1. The van der Waals surface area contributed by atoms with Gasteiger partial charge < -0.3 is 14.6 Å². The van der Waals surface area contributed by atoms with E-state index in [1.807, 2.05) is 24.3 Å². The SMILES string of the molecule is COc1ccc(C2NC(C(=O)O)CS2)cc1OCc1ccc(Cl)cc1Cl. The lowest BCUT2D eigenvalue weighted by atomic mass is 10.2. The highest BCUT2D eigenvalue weighted by molar-refractivity contribution is 7.99. The van der Waals surface area contributed by atoms with Gasteiger partial charge in [0.1, 0.15) is 12.6 Å². The first kappa shape index (κ1) is 19.2. The number of hydrogen-bond acceptors (Lipinski definition) is 5. The summed E-state index contributed by atoms with van der Waals surface area (Å²) in [6.07, 6.45) is 0. The minimum absolute atomic E-state index is 0.108. The average Bonchev–Trinajstić information content (AvgIpc) is 3.11. The third-order valence-electron chi connectivity index (χ3n) is 3.97. The number of benzene rings is 2. The van der Waals surface area contributed by atoms with Crippen LogP contribution in [0.1, 0.15) is 16.5 Å². The molecule has 0 bridgehead atoms. The van der Waals surface area contributed by atoms with Crippen molar-refractivity contribution in [3.63, 3.8) is 0 Å². The van der Waals surface area contributed by atoms with Gasteiger partial charge in [-0.3, -0.25) is 10.1 Å². The second kappa shape index (κ2) is 8.39. The average molecular weight is 414 g/mol. The van der Waals surface area contributed by atoms with Crippen molar-refractivity contribution < 1.29 is 19.4 Å². The summed E-state index contributed by atoms with van der Waals surface area (Å²) in [5, 5.41) is 13.2.